The van der Waals surface area contributed by atoms with E-state index >= 15 is 0 Å². The molecule has 2 aromatic rings. The Hall–Kier alpha value is -3.35. The summed E-state index contributed by atoms with van der Waals surface area (Å²) in [7, 11) is 0. The number of nitrogens with zero attached hydrogens (tertiary/aromatic N) is 1. The number of unbranched alkanes of at least 4 members (excludes halogenated alkanes) is 2. The molecule has 2 rings (SSSR count). The van der Waals surface area contributed by atoms with Crippen LogP contribution in [0.3, 0.4) is 0 Å². The number of hydrogen-bond donors (Lipinski definition) is 2. The van der Waals surface area contributed by atoms with Crippen LogP contribution in [0.15, 0.2) is 48.5 Å². The van der Waals surface area contributed by atoms with Crippen molar-refractivity contribution in [3.63, 3.8) is 0 Å². The van der Waals surface area contributed by atoms with Crippen LogP contribution in [0.2, 0.25) is 0 Å². The molecular weight excluding hydrogens is 370 g/mol. The minimum absolute atomic E-state index is 0.0536. The number of carbonyl (C=O) groups is 1. The molecule has 7 heteroatoms. The summed E-state index contributed by atoms with van der Waals surface area (Å²) >= 11 is 0. The number of rotatable bonds is 11. The van der Waals surface area contributed by atoms with Crippen LogP contribution in [0.25, 0.3) is 6.08 Å². The van der Waals surface area contributed by atoms with Crippen molar-refractivity contribution in [2.45, 2.75) is 32.6 Å². The molecule has 0 aromatic heterocycles. The van der Waals surface area contributed by atoms with Crippen molar-refractivity contribution >= 4 is 23.4 Å². The Morgan fingerprint density at radius 3 is 2.66 bits per heavy atom. The first-order chi connectivity index (χ1) is 14.0. The van der Waals surface area contributed by atoms with Gasteiger partial charge in [0, 0.05) is 24.8 Å². The summed E-state index contributed by atoms with van der Waals surface area (Å²) in [5, 5.41) is 13.4. The van der Waals surface area contributed by atoms with E-state index in [1.54, 1.807) is 24.3 Å². The quantitative estimate of drug-likeness (QED) is 0.195. The second-order valence-electron chi connectivity index (χ2n) is 6.65. The topological polar surface area (TPSA) is 107 Å². The smallest absolute Gasteiger partial charge is 0.269 e. The molecule has 0 spiro atoms. The highest BCUT2D eigenvalue weighted by Crippen LogP contribution is 2.23. The van der Waals surface area contributed by atoms with Crippen LogP contribution < -0.4 is 15.8 Å². The number of carbonyl (C=O) groups excluding carboxylic acids is 1. The Morgan fingerprint density at radius 2 is 1.97 bits per heavy atom. The van der Waals surface area contributed by atoms with Gasteiger partial charge in [-0.3, -0.25) is 14.9 Å². The highest BCUT2D eigenvalue weighted by atomic mass is 16.6. The van der Waals surface area contributed by atoms with Crippen molar-refractivity contribution < 1.29 is 14.5 Å². The van der Waals surface area contributed by atoms with Gasteiger partial charge in [-0.1, -0.05) is 38.0 Å². The number of nitrogens with one attached hydrogen (secondary N) is 1. The molecular formula is C22H27N3O4. The maximum atomic E-state index is 12.0. The van der Waals surface area contributed by atoms with Gasteiger partial charge < -0.3 is 15.8 Å². The summed E-state index contributed by atoms with van der Waals surface area (Å²) in [5.74, 6) is 0.413. The number of hydrogen-bond acceptors (Lipinski definition) is 5. The van der Waals surface area contributed by atoms with Gasteiger partial charge in [-0.05, 0) is 42.2 Å². The fraction of sp³-hybridized carbons (Fsp3) is 0.318. The zero-order valence-corrected chi connectivity index (χ0v) is 16.6. The third-order valence-electron chi connectivity index (χ3n) is 4.33. The average molecular weight is 397 g/mol. The zero-order valence-electron chi connectivity index (χ0n) is 16.6. The molecule has 0 bridgehead atoms. The molecule has 2 aromatic carbocycles. The number of nitrogens with two attached hydrogens (primary N) is 1. The average Bonchev–Trinajstić information content (AvgIpc) is 2.71. The predicted molar refractivity (Wildman–Crippen MR) is 115 cm³/mol. The van der Waals surface area contributed by atoms with Crippen molar-refractivity contribution in [3.8, 4) is 5.75 Å². The number of benzene rings is 2. The zero-order chi connectivity index (χ0) is 21.1. The molecule has 0 heterocycles. The Kier molecular flexibility index (Phi) is 8.69. The van der Waals surface area contributed by atoms with E-state index in [0.717, 1.165) is 30.4 Å². The van der Waals surface area contributed by atoms with Gasteiger partial charge >= 0.3 is 0 Å². The van der Waals surface area contributed by atoms with Crippen molar-refractivity contribution in [3.05, 3.63) is 69.8 Å². The lowest BCUT2D eigenvalue weighted by Crippen LogP contribution is -2.23. The second kappa shape index (κ2) is 11.5. The maximum absolute atomic E-state index is 12.0. The minimum atomic E-state index is -0.435. The van der Waals surface area contributed by atoms with E-state index in [2.05, 4.69) is 12.2 Å². The molecule has 7 nitrogen and oxygen atoms in total. The number of amides is 1. The molecule has 0 aliphatic heterocycles. The van der Waals surface area contributed by atoms with Gasteiger partial charge in [0.15, 0.2) is 0 Å². The first kappa shape index (κ1) is 21.9. The van der Waals surface area contributed by atoms with Crippen LogP contribution in [0.1, 0.15) is 37.3 Å². The highest BCUT2D eigenvalue weighted by molar-refractivity contribution is 5.91. The molecule has 3 N–H and O–H groups in total. The number of nitrogen functional groups attached to an aromatic ring is 1. The number of ether oxygens (including phenoxy) is 1. The Labute approximate surface area is 170 Å². The monoisotopic (exact) mass is 397 g/mol. The molecule has 1 amide bonds. The maximum Gasteiger partial charge on any atom is 0.269 e. The van der Waals surface area contributed by atoms with Gasteiger partial charge in [-0.25, -0.2) is 0 Å². The largest absolute Gasteiger partial charge is 0.491 e. The van der Waals surface area contributed by atoms with Gasteiger partial charge in [0.25, 0.3) is 5.69 Å². The molecule has 154 valence electrons. The van der Waals surface area contributed by atoms with Gasteiger partial charge in [0.05, 0.1) is 17.2 Å². The van der Waals surface area contributed by atoms with Crippen LogP contribution in [0.4, 0.5) is 11.4 Å². The van der Waals surface area contributed by atoms with Crippen LogP contribution in [0, 0.1) is 10.1 Å². The second-order valence-corrected chi connectivity index (χ2v) is 6.65. The summed E-state index contributed by atoms with van der Waals surface area (Å²) < 4.78 is 5.72. The molecule has 0 atom stereocenters. The van der Waals surface area contributed by atoms with E-state index in [4.69, 9.17) is 10.5 Å². The summed E-state index contributed by atoms with van der Waals surface area (Å²) in [4.78, 5) is 22.2. The third kappa shape index (κ3) is 7.65. The van der Waals surface area contributed by atoms with Crippen molar-refractivity contribution in [1.29, 1.82) is 0 Å². The van der Waals surface area contributed by atoms with Crippen LogP contribution in [-0.2, 0) is 11.2 Å². The minimum Gasteiger partial charge on any atom is -0.491 e. The van der Waals surface area contributed by atoms with E-state index in [1.807, 2.05) is 12.1 Å². The van der Waals surface area contributed by atoms with Gasteiger partial charge in [-0.2, -0.15) is 0 Å². The van der Waals surface area contributed by atoms with E-state index in [0.29, 0.717) is 31.0 Å². The highest BCUT2D eigenvalue weighted by Gasteiger charge is 2.04. The standard InChI is InChI=1S/C22H27N3O4/c1-2-3-4-15-29-21-16-18(7-11-20(21)23)8-12-22(26)24-14-13-17-5-9-19(10-6-17)25(27)28/h5-12,16H,2-4,13-15,23H2,1H3,(H,24,26). The number of nitro groups is 1. The van der Waals surface area contributed by atoms with E-state index < -0.39 is 4.92 Å². The molecule has 0 aliphatic carbocycles. The van der Waals surface area contributed by atoms with Gasteiger partial charge in [0.1, 0.15) is 5.75 Å². The Bertz CT molecular complexity index is 848. The van der Waals surface area contributed by atoms with Gasteiger partial charge in [-0.15, -0.1) is 0 Å². The third-order valence-corrected chi connectivity index (χ3v) is 4.33. The molecule has 0 fully saturated rings. The van der Waals surface area contributed by atoms with E-state index in [9.17, 15) is 14.9 Å². The molecule has 0 radical (unpaired) electrons. The molecule has 0 aliphatic rings. The van der Waals surface area contributed by atoms with Crippen molar-refractivity contribution in [2.24, 2.45) is 0 Å². The molecule has 0 saturated carbocycles. The fourth-order valence-corrected chi connectivity index (χ4v) is 2.66. The van der Waals surface area contributed by atoms with Crippen molar-refractivity contribution in [2.75, 3.05) is 18.9 Å². The lowest BCUT2D eigenvalue weighted by atomic mass is 10.1. The van der Waals surface area contributed by atoms with Crippen molar-refractivity contribution in [1.82, 2.24) is 5.32 Å². The SMILES string of the molecule is CCCCCOc1cc(C=CC(=O)NCCc2ccc([N+](=O)[O-])cc2)ccc1N. The van der Waals surface area contributed by atoms with Gasteiger partial charge in [0.2, 0.25) is 5.91 Å². The first-order valence-corrected chi connectivity index (χ1v) is 9.71. The van der Waals surface area contributed by atoms with Crippen LogP contribution in [-0.4, -0.2) is 24.0 Å². The molecule has 29 heavy (non-hydrogen) atoms. The fourth-order valence-electron chi connectivity index (χ4n) is 2.66. The summed E-state index contributed by atoms with van der Waals surface area (Å²) in [6.07, 6.45) is 6.98. The van der Waals surface area contributed by atoms with E-state index in [1.165, 1.54) is 18.2 Å². The lowest BCUT2D eigenvalue weighted by molar-refractivity contribution is -0.384. The summed E-state index contributed by atoms with van der Waals surface area (Å²) in [6.45, 7) is 3.19. The summed E-state index contributed by atoms with van der Waals surface area (Å²) in [5.41, 5.74) is 8.32. The first-order valence-electron chi connectivity index (χ1n) is 9.71. The summed E-state index contributed by atoms with van der Waals surface area (Å²) in [6, 6.07) is 11.7. The Balaban J connectivity index is 1.81. The van der Waals surface area contributed by atoms with E-state index in [-0.39, 0.29) is 11.6 Å². The molecule has 0 unspecified atom stereocenters. The lowest BCUT2D eigenvalue weighted by Gasteiger charge is -2.09. The predicted octanol–water partition coefficient (Wildman–Crippen LogP) is 4.12. The number of nitro benzene ring substituents is 1. The number of anilines is 1. The molecule has 0 saturated heterocycles. The normalized spacial score (nSPS) is 10.8. The number of non-ortho nitro benzene ring substituents is 1. The Morgan fingerprint density at radius 1 is 1.21 bits per heavy atom. The van der Waals surface area contributed by atoms with Crippen LogP contribution >= 0.6 is 0 Å². The van der Waals surface area contributed by atoms with Crippen LogP contribution in [0.5, 0.6) is 5.75 Å².